The van der Waals surface area contributed by atoms with Crippen LogP contribution in [-0.4, -0.2) is 27.2 Å². The van der Waals surface area contributed by atoms with Gasteiger partial charge >= 0.3 is 0 Å². The van der Waals surface area contributed by atoms with Crippen molar-refractivity contribution in [1.29, 1.82) is 0 Å². The maximum absolute atomic E-state index is 11.9. The SMILES string of the molecule is O=C(/C=C/c1cccc([N+](=O)[O-])c1)NCCc1ccc(-n2cccn2)cc1. The van der Waals surface area contributed by atoms with Gasteiger partial charge in [-0.1, -0.05) is 24.3 Å². The van der Waals surface area contributed by atoms with Crippen molar-refractivity contribution in [2.75, 3.05) is 6.54 Å². The zero-order valence-electron chi connectivity index (χ0n) is 14.5. The molecule has 27 heavy (non-hydrogen) atoms. The maximum atomic E-state index is 11.9. The van der Waals surface area contributed by atoms with Gasteiger partial charge in [0.1, 0.15) is 0 Å². The van der Waals surface area contributed by atoms with Crippen molar-refractivity contribution in [3.63, 3.8) is 0 Å². The van der Waals surface area contributed by atoms with Gasteiger partial charge in [-0.25, -0.2) is 4.68 Å². The fourth-order valence-electron chi connectivity index (χ4n) is 2.54. The standard InChI is InChI=1S/C20H18N4O3/c25-20(10-7-17-3-1-4-19(15-17)24(26)27)21-13-11-16-5-8-18(9-6-16)23-14-2-12-22-23/h1-10,12,14-15H,11,13H2,(H,21,25)/b10-7+. The molecule has 0 saturated heterocycles. The van der Waals surface area contributed by atoms with Crippen LogP contribution in [0.5, 0.6) is 0 Å². The lowest BCUT2D eigenvalue weighted by molar-refractivity contribution is -0.384. The van der Waals surface area contributed by atoms with Crippen molar-refractivity contribution in [1.82, 2.24) is 15.1 Å². The first kappa shape index (κ1) is 18.1. The number of rotatable bonds is 7. The predicted molar refractivity (Wildman–Crippen MR) is 102 cm³/mol. The van der Waals surface area contributed by atoms with E-state index >= 15 is 0 Å². The number of nitro benzene ring substituents is 1. The van der Waals surface area contributed by atoms with Gasteiger partial charge in [-0.2, -0.15) is 5.10 Å². The van der Waals surface area contributed by atoms with Crippen LogP contribution in [-0.2, 0) is 11.2 Å². The van der Waals surface area contributed by atoms with E-state index in [1.165, 1.54) is 18.2 Å². The van der Waals surface area contributed by atoms with Crippen molar-refractivity contribution in [3.05, 3.63) is 94.3 Å². The van der Waals surface area contributed by atoms with E-state index in [-0.39, 0.29) is 11.6 Å². The molecule has 0 fully saturated rings. The molecule has 7 heteroatoms. The number of benzene rings is 2. The molecule has 0 radical (unpaired) electrons. The summed E-state index contributed by atoms with van der Waals surface area (Å²) in [6, 6.07) is 16.0. The number of nitro groups is 1. The molecule has 0 atom stereocenters. The number of amides is 1. The highest BCUT2D eigenvalue weighted by Crippen LogP contribution is 2.14. The summed E-state index contributed by atoms with van der Waals surface area (Å²) in [5.74, 6) is -0.241. The molecule has 1 aromatic heterocycles. The average molecular weight is 362 g/mol. The van der Waals surface area contributed by atoms with Crippen molar-refractivity contribution >= 4 is 17.7 Å². The van der Waals surface area contributed by atoms with Crippen LogP contribution in [0.4, 0.5) is 5.69 Å². The van der Waals surface area contributed by atoms with Gasteiger partial charge in [-0.15, -0.1) is 0 Å². The van der Waals surface area contributed by atoms with Crippen molar-refractivity contribution < 1.29 is 9.72 Å². The van der Waals surface area contributed by atoms with Crippen LogP contribution in [0, 0.1) is 10.1 Å². The quantitative estimate of drug-likeness (QED) is 0.397. The zero-order valence-corrected chi connectivity index (χ0v) is 14.5. The fraction of sp³-hybridized carbons (Fsp3) is 0.100. The Morgan fingerprint density at radius 2 is 2.00 bits per heavy atom. The Balaban J connectivity index is 1.48. The lowest BCUT2D eigenvalue weighted by atomic mass is 10.1. The third-order valence-corrected chi connectivity index (χ3v) is 3.93. The lowest BCUT2D eigenvalue weighted by Crippen LogP contribution is -2.23. The molecule has 0 aliphatic heterocycles. The number of carbonyl (C=O) groups is 1. The van der Waals surface area contributed by atoms with Gasteiger partial charge in [0.2, 0.25) is 5.91 Å². The first-order valence-corrected chi connectivity index (χ1v) is 8.41. The highest BCUT2D eigenvalue weighted by molar-refractivity contribution is 5.91. The summed E-state index contributed by atoms with van der Waals surface area (Å²) in [5, 5.41) is 17.7. The van der Waals surface area contributed by atoms with Crippen molar-refractivity contribution in [2.45, 2.75) is 6.42 Å². The molecule has 3 rings (SSSR count). The minimum absolute atomic E-state index is 0.00360. The molecule has 1 N–H and O–H groups in total. The van der Waals surface area contributed by atoms with Crippen LogP contribution in [0.3, 0.4) is 0 Å². The number of aromatic nitrogens is 2. The second-order valence-electron chi connectivity index (χ2n) is 5.84. The van der Waals surface area contributed by atoms with E-state index < -0.39 is 4.92 Å². The molecule has 7 nitrogen and oxygen atoms in total. The van der Waals surface area contributed by atoms with Gasteiger partial charge in [0, 0.05) is 37.1 Å². The smallest absolute Gasteiger partial charge is 0.270 e. The Morgan fingerprint density at radius 1 is 1.19 bits per heavy atom. The summed E-state index contributed by atoms with van der Waals surface area (Å²) in [5.41, 5.74) is 2.69. The molecular weight excluding hydrogens is 344 g/mol. The second kappa shape index (κ2) is 8.57. The molecule has 0 unspecified atom stereocenters. The molecule has 0 aliphatic rings. The number of hydrogen-bond donors (Lipinski definition) is 1. The summed E-state index contributed by atoms with van der Waals surface area (Å²) in [6.07, 6.45) is 7.24. The summed E-state index contributed by atoms with van der Waals surface area (Å²) in [4.78, 5) is 22.2. The van der Waals surface area contributed by atoms with E-state index in [1.54, 1.807) is 29.1 Å². The Morgan fingerprint density at radius 3 is 2.70 bits per heavy atom. The number of non-ortho nitro benzene ring substituents is 1. The average Bonchev–Trinajstić information content (AvgIpc) is 3.22. The highest BCUT2D eigenvalue weighted by Gasteiger charge is 2.04. The van der Waals surface area contributed by atoms with E-state index in [4.69, 9.17) is 0 Å². The van der Waals surface area contributed by atoms with Gasteiger partial charge in [0.15, 0.2) is 0 Å². The first-order valence-electron chi connectivity index (χ1n) is 8.41. The second-order valence-corrected chi connectivity index (χ2v) is 5.84. The molecule has 3 aromatic rings. The van der Waals surface area contributed by atoms with E-state index in [1.807, 2.05) is 36.5 Å². The lowest BCUT2D eigenvalue weighted by Gasteiger charge is -2.05. The van der Waals surface area contributed by atoms with E-state index in [0.717, 1.165) is 11.3 Å². The van der Waals surface area contributed by atoms with E-state index in [2.05, 4.69) is 10.4 Å². The minimum atomic E-state index is -0.463. The normalized spacial score (nSPS) is 10.8. The van der Waals surface area contributed by atoms with Crippen LogP contribution in [0.2, 0.25) is 0 Å². The molecule has 2 aromatic carbocycles. The minimum Gasteiger partial charge on any atom is -0.352 e. The number of hydrogen-bond acceptors (Lipinski definition) is 4. The summed E-state index contributed by atoms with van der Waals surface area (Å²) in [6.45, 7) is 0.499. The fourth-order valence-corrected chi connectivity index (χ4v) is 2.54. The topological polar surface area (TPSA) is 90.1 Å². The third kappa shape index (κ3) is 5.12. The predicted octanol–water partition coefficient (Wildman–Crippen LogP) is 3.15. The molecule has 0 bridgehead atoms. The van der Waals surface area contributed by atoms with Crippen LogP contribution < -0.4 is 5.32 Å². The highest BCUT2D eigenvalue weighted by atomic mass is 16.6. The van der Waals surface area contributed by atoms with Crippen LogP contribution in [0.1, 0.15) is 11.1 Å². The third-order valence-electron chi connectivity index (χ3n) is 3.93. The molecule has 136 valence electrons. The van der Waals surface area contributed by atoms with Crippen LogP contribution in [0.15, 0.2) is 73.1 Å². The molecule has 1 heterocycles. The Labute approximate surface area is 156 Å². The molecule has 0 aliphatic carbocycles. The summed E-state index contributed by atoms with van der Waals surface area (Å²) < 4.78 is 1.78. The van der Waals surface area contributed by atoms with Gasteiger partial charge in [0.05, 0.1) is 10.6 Å². The zero-order chi connectivity index (χ0) is 19.1. The molecule has 1 amide bonds. The number of nitrogens with one attached hydrogen (secondary N) is 1. The van der Waals surface area contributed by atoms with Crippen LogP contribution >= 0.6 is 0 Å². The van der Waals surface area contributed by atoms with Crippen molar-refractivity contribution in [2.24, 2.45) is 0 Å². The largest absolute Gasteiger partial charge is 0.352 e. The van der Waals surface area contributed by atoms with Gasteiger partial charge in [-0.3, -0.25) is 14.9 Å². The van der Waals surface area contributed by atoms with Gasteiger partial charge in [0.25, 0.3) is 5.69 Å². The first-order chi connectivity index (χ1) is 13.1. The van der Waals surface area contributed by atoms with E-state index in [0.29, 0.717) is 18.5 Å². The Hall–Kier alpha value is -3.74. The molecular formula is C20H18N4O3. The van der Waals surface area contributed by atoms with Crippen molar-refractivity contribution in [3.8, 4) is 5.69 Å². The summed E-state index contributed by atoms with van der Waals surface area (Å²) in [7, 11) is 0. The Bertz CT molecular complexity index is 948. The number of carbonyl (C=O) groups excluding carboxylic acids is 1. The monoisotopic (exact) mass is 362 g/mol. The number of nitrogens with zero attached hydrogens (tertiary/aromatic N) is 3. The summed E-state index contributed by atoms with van der Waals surface area (Å²) >= 11 is 0. The maximum Gasteiger partial charge on any atom is 0.270 e. The van der Waals surface area contributed by atoms with Gasteiger partial charge in [-0.05, 0) is 41.8 Å². The Kier molecular flexibility index (Phi) is 5.73. The molecule has 0 spiro atoms. The molecule has 0 saturated carbocycles. The van der Waals surface area contributed by atoms with Gasteiger partial charge < -0.3 is 5.32 Å². The van der Waals surface area contributed by atoms with E-state index in [9.17, 15) is 14.9 Å². The van der Waals surface area contributed by atoms with Crippen LogP contribution in [0.25, 0.3) is 11.8 Å².